The summed E-state index contributed by atoms with van der Waals surface area (Å²) in [6.07, 6.45) is 2.81. The zero-order valence-corrected chi connectivity index (χ0v) is 56.5. The van der Waals surface area contributed by atoms with Gasteiger partial charge in [0.2, 0.25) is 16.2 Å². The van der Waals surface area contributed by atoms with Gasteiger partial charge in [-0.1, -0.05) is 206 Å². The maximum atomic E-state index is 17.1. The number of rotatable bonds is 22. The minimum atomic E-state index is -3.12. The Morgan fingerprint density at radius 3 is 0.835 bits per heavy atom. The number of hydrogen-bond acceptors (Lipinski definition) is 22. The number of thioether (sulfide) groups is 2. The van der Waals surface area contributed by atoms with Crippen LogP contribution in [0.5, 0.6) is 0 Å². The van der Waals surface area contributed by atoms with Gasteiger partial charge in [0, 0.05) is 45.1 Å². The fourth-order valence-corrected chi connectivity index (χ4v) is 17.5. The van der Waals surface area contributed by atoms with Gasteiger partial charge in [0.25, 0.3) is 11.8 Å². The molecule has 97 heavy (non-hydrogen) atoms. The molecule has 13 rings (SSSR count). The van der Waals surface area contributed by atoms with Crippen molar-refractivity contribution in [3.63, 3.8) is 0 Å². The quantitative estimate of drug-likeness (QED) is 0.0266. The zero-order valence-electron chi connectivity index (χ0n) is 51.6. The average molecular weight is 1400 g/mol. The van der Waals surface area contributed by atoms with Crippen LogP contribution >= 0.6 is 70.6 Å². The number of amides is 2. The van der Waals surface area contributed by atoms with Crippen molar-refractivity contribution in [1.82, 2.24) is 9.80 Å². The minimum Gasteiger partial charge on any atom is -0.459 e. The fraction of sp³-hybridized carbons (Fsp3) is 0.178. The van der Waals surface area contributed by atoms with Crippen LogP contribution in [0.2, 0.25) is 0 Å². The largest absolute Gasteiger partial charge is 0.459 e. The second-order valence-electron chi connectivity index (χ2n) is 22.4. The Kier molecular flexibility index (Phi) is 18.8. The molecule has 0 atom stereocenters. The molecule has 2 aromatic heterocycles. The third-order valence-electron chi connectivity index (χ3n) is 16.7. The number of thiophene rings is 2. The first-order chi connectivity index (χ1) is 47.1. The summed E-state index contributed by atoms with van der Waals surface area (Å²) in [7, 11) is 0. The Balaban J connectivity index is 1.13. The standard InChI is InChI=1S/C73H54N4O14S6/c1-3-76-61(78)59(96-69(76)92)74-51-35-49-53(71(51,63(80)86-37-43-23-11-5-12-24-43)64(81)87-38-44-25-13-6-14-26-44)55-57(94-49)58-56(73(55,67(84)90-41-47-31-19-9-20-32-47)68(85)91-42-48-33-21-10-22-34-48)54-50(95-58)36-52(75-60-62(79)77(4-2)70(93)97-60)72(54,65(82)88-39-45-27-15-7-16-28-45)66(83)89-40-46-29-17-8-18-30-46/h5-36H,3-4,37-42H2,1-2H3. The van der Waals surface area contributed by atoms with Gasteiger partial charge in [-0.15, -0.1) is 22.7 Å². The third kappa shape index (κ3) is 11.7. The SMILES string of the molecule is CCN1C(=O)C(=NC2=Cc3sc4c(c3C2(C(=O)OCc2ccccc2)C(=O)OCc2ccccc2)C(C(=O)OCc2ccccc2)(C(=O)OCc2ccccc2)c2c-4sc3c2C(C(=O)OCc2ccccc2)(C(=O)OCc2ccccc2)C(N=C2SC(=S)N(CC)C2=O)=C3)SC1=S. The van der Waals surface area contributed by atoms with Gasteiger partial charge in [0.15, 0.2) is 10.1 Å². The van der Waals surface area contributed by atoms with Crippen LogP contribution in [0.3, 0.4) is 0 Å². The van der Waals surface area contributed by atoms with Gasteiger partial charge in [-0.05, 0) is 82.9 Å². The van der Waals surface area contributed by atoms with E-state index in [1.54, 1.807) is 196 Å². The molecule has 0 saturated carbocycles. The topological polar surface area (TPSA) is 223 Å². The number of hydrogen-bond donors (Lipinski definition) is 0. The highest BCUT2D eigenvalue weighted by atomic mass is 32.2. The smallest absolute Gasteiger partial charge is 0.334 e. The van der Waals surface area contributed by atoms with Crippen LogP contribution in [0, 0.1) is 0 Å². The highest BCUT2D eigenvalue weighted by Gasteiger charge is 2.72. The summed E-state index contributed by atoms with van der Waals surface area (Å²) in [5.74, 6) is -9.24. The average Bonchev–Trinajstić information content (AvgIpc) is 1.48. The van der Waals surface area contributed by atoms with E-state index in [1.165, 1.54) is 22.0 Å². The molecule has 486 valence electrons. The fourth-order valence-electron chi connectivity index (χ4n) is 12.1. The number of aliphatic imine (C=N–C) groups is 2. The van der Waals surface area contributed by atoms with Crippen molar-refractivity contribution in [2.24, 2.45) is 9.98 Å². The number of carbonyl (C=O) groups excluding carboxylic acids is 8. The van der Waals surface area contributed by atoms with Crippen molar-refractivity contribution in [3.05, 3.63) is 259 Å². The van der Waals surface area contributed by atoms with Crippen molar-refractivity contribution in [2.45, 2.75) is 69.7 Å². The maximum Gasteiger partial charge on any atom is 0.334 e. The molecule has 8 aromatic rings. The molecule has 0 bridgehead atoms. The Bertz CT molecular complexity index is 4260. The van der Waals surface area contributed by atoms with E-state index < -0.39 is 115 Å². The molecule has 0 N–H and O–H groups in total. The van der Waals surface area contributed by atoms with Gasteiger partial charge in [-0.2, -0.15) is 0 Å². The van der Waals surface area contributed by atoms with E-state index >= 15 is 28.8 Å². The van der Waals surface area contributed by atoms with E-state index in [0.717, 1.165) is 46.2 Å². The second kappa shape index (κ2) is 27.7. The van der Waals surface area contributed by atoms with Gasteiger partial charge >= 0.3 is 35.8 Å². The summed E-state index contributed by atoms with van der Waals surface area (Å²) in [6.45, 7) is 0.938. The molecule has 3 aliphatic carbocycles. The van der Waals surface area contributed by atoms with Crippen molar-refractivity contribution in [2.75, 3.05) is 13.1 Å². The highest BCUT2D eigenvalue weighted by molar-refractivity contribution is 8.35. The Hall–Kier alpha value is -9.82. The molecule has 2 fully saturated rings. The van der Waals surface area contributed by atoms with E-state index in [4.69, 9.17) is 62.8 Å². The highest BCUT2D eigenvalue weighted by Crippen LogP contribution is 2.68. The zero-order chi connectivity index (χ0) is 67.6. The number of thiocarbonyl (C=S) groups is 2. The van der Waals surface area contributed by atoms with Crippen LogP contribution in [0.15, 0.2) is 203 Å². The lowest BCUT2D eigenvalue weighted by molar-refractivity contribution is -0.168. The molecule has 18 nitrogen and oxygen atoms in total. The summed E-state index contributed by atoms with van der Waals surface area (Å²) in [5.41, 5.74) is -8.45. The predicted octanol–water partition coefficient (Wildman–Crippen LogP) is 12.3. The van der Waals surface area contributed by atoms with Crippen LogP contribution in [-0.2, 0) is 123 Å². The number of esters is 6. The Morgan fingerprint density at radius 2 is 0.608 bits per heavy atom. The molecule has 6 aromatic carbocycles. The van der Waals surface area contributed by atoms with Gasteiger partial charge in [-0.3, -0.25) is 48.2 Å². The van der Waals surface area contributed by atoms with E-state index in [2.05, 4.69) is 0 Å². The molecule has 2 saturated heterocycles. The van der Waals surface area contributed by atoms with Crippen LogP contribution in [0.4, 0.5) is 0 Å². The first-order valence-corrected chi connectivity index (χ1v) is 34.5. The first-order valence-electron chi connectivity index (χ1n) is 30.5. The van der Waals surface area contributed by atoms with Gasteiger partial charge in [0.05, 0.1) is 21.1 Å². The molecule has 2 aliphatic heterocycles. The molecule has 24 heteroatoms. The summed E-state index contributed by atoms with van der Waals surface area (Å²) in [5, 5.41) is -0.466. The maximum absolute atomic E-state index is 17.1. The molecule has 0 unspecified atom stereocenters. The summed E-state index contributed by atoms with van der Waals surface area (Å²) in [6, 6.07) is 51.5. The number of carbonyl (C=O) groups is 8. The van der Waals surface area contributed by atoms with E-state index in [0.29, 0.717) is 33.4 Å². The molecule has 2 amide bonds. The van der Waals surface area contributed by atoms with Crippen molar-refractivity contribution in [1.29, 1.82) is 0 Å². The van der Waals surface area contributed by atoms with Crippen molar-refractivity contribution in [3.8, 4) is 9.75 Å². The van der Waals surface area contributed by atoms with Crippen LogP contribution in [-0.4, -0.2) is 89.2 Å². The van der Waals surface area contributed by atoms with Gasteiger partial charge < -0.3 is 28.4 Å². The summed E-state index contributed by atoms with van der Waals surface area (Å²) in [4.78, 5) is 141. The van der Waals surface area contributed by atoms with Gasteiger partial charge in [0.1, 0.15) is 48.3 Å². The van der Waals surface area contributed by atoms with Crippen molar-refractivity contribution >= 4 is 149 Å². The normalized spacial score (nSPS) is 16.7. The Morgan fingerprint density at radius 1 is 0.371 bits per heavy atom. The lowest BCUT2D eigenvalue weighted by Crippen LogP contribution is -2.53. The van der Waals surface area contributed by atoms with Crippen LogP contribution in [0.25, 0.3) is 21.9 Å². The Labute approximate surface area is 583 Å². The summed E-state index contributed by atoms with van der Waals surface area (Å²) < 4.78 is 38.6. The third-order valence-corrected chi connectivity index (χ3v) is 21.8. The first kappa shape index (κ1) is 65.8. The van der Waals surface area contributed by atoms with Crippen molar-refractivity contribution < 1.29 is 66.8 Å². The molecular formula is C73H54N4O14S6. The molecule has 5 aliphatic rings. The summed E-state index contributed by atoms with van der Waals surface area (Å²) >= 11 is 14.8. The predicted molar refractivity (Wildman–Crippen MR) is 375 cm³/mol. The van der Waals surface area contributed by atoms with E-state index in [-0.39, 0.29) is 73.6 Å². The van der Waals surface area contributed by atoms with Crippen LogP contribution < -0.4 is 0 Å². The molecule has 0 radical (unpaired) electrons. The van der Waals surface area contributed by atoms with Gasteiger partial charge in [-0.25, -0.2) is 9.98 Å². The molecule has 0 spiro atoms. The number of ether oxygens (including phenoxy) is 6. The number of fused-ring (bicyclic) bond motifs is 7. The molecular weight excluding hydrogens is 1350 g/mol. The lowest BCUT2D eigenvalue weighted by Gasteiger charge is -2.35. The van der Waals surface area contributed by atoms with Crippen LogP contribution in [0.1, 0.15) is 79.2 Å². The minimum absolute atomic E-state index is 0.0741. The van der Waals surface area contributed by atoms with E-state index in [1.807, 2.05) is 0 Å². The van der Waals surface area contributed by atoms with E-state index in [9.17, 15) is 9.59 Å². The second-order valence-corrected chi connectivity index (χ2v) is 27.8. The molecule has 4 heterocycles. The number of nitrogens with zero attached hydrogens (tertiary/aromatic N) is 4. The number of benzene rings is 6. The monoisotopic (exact) mass is 1400 g/mol. The lowest BCUT2D eigenvalue weighted by atomic mass is 9.67.